The van der Waals surface area contributed by atoms with E-state index in [1.165, 1.54) is 0 Å². The molecule has 120 valence electrons. The Bertz CT molecular complexity index is 760. The Morgan fingerprint density at radius 1 is 1.26 bits per heavy atom. The minimum atomic E-state index is -0.624. The van der Waals surface area contributed by atoms with Gasteiger partial charge in [0.15, 0.2) is 0 Å². The zero-order chi connectivity index (χ0) is 16.1. The summed E-state index contributed by atoms with van der Waals surface area (Å²) in [7, 11) is 0. The molecule has 2 aromatic heterocycles. The van der Waals surface area contributed by atoms with Crippen molar-refractivity contribution in [1.29, 1.82) is 0 Å². The minimum absolute atomic E-state index is 0.201. The van der Waals surface area contributed by atoms with E-state index in [1.54, 1.807) is 18.5 Å². The molecule has 0 aliphatic carbocycles. The summed E-state index contributed by atoms with van der Waals surface area (Å²) >= 11 is 0. The molecule has 1 atom stereocenters. The lowest BCUT2D eigenvalue weighted by Crippen LogP contribution is -2.31. The Labute approximate surface area is 133 Å². The molecule has 0 saturated carbocycles. The highest BCUT2D eigenvalue weighted by molar-refractivity contribution is 5.87. The number of H-pyrrole nitrogens is 1. The first-order valence-corrected chi connectivity index (χ1v) is 7.45. The zero-order valence-corrected chi connectivity index (χ0v) is 12.9. The first kappa shape index (κ1) is 15.4. The van der Waals surface area contributed by atoms with Crippen molar-refractivity contribution >= 4 is 10.9 Å². The fraction of sp³-hybridized carbons (Fsp3) is 0.312. The summed E-state index contributed by atoms with van der Waals surface area (Å²) in [5, 5.41) is 21.2. The van der Waals surface area contributed by atoms with Gasteiger partial charge in [-0.15, -0.1) is 0 Å². The number of benzene rings is 1. The molecule has 23 heavy (non-hydrogen) atoms. The van der Waals surface area contributed by atoms with Crippen molar-refractivity contribution in [2.45, 2.75) is 19.6 Å². The number of fused-ring (bicyclic) bond motifs is 1. The van der Waals surface area contributed by atoms with Crippen LogP contribution in [0.25, 0.3) is 10.9 Å². The van der Waals surface area contributed by atoms with Gasteiger partial charge >= 0.3 is 0 Å². The van der Waals surface area contributed by atoms with Crippen molar-refractivity contribution in [2.24, 2.45) is 0 Å². The van der Waals surface area contributed by atoms with Crippen LogP contribution in [-0.4, -0.2) is 44.5 Å². The number of aliphatic hydroxyl groups is 1. The van der Waals surface area contributed by atoms with Crippen molar-refractivity contribution in [3.8, 4) is 5.75 Å². The molecule has 7 heteroatoms. The predicted octanol–water partition coefficient (Wildman–Crippen LogP) is 1.19. The number of rotatable bonds is 7. The van der Waals surface area contributed by atoms with E-state index in [1.807, 2.05) is 25.1 Å². The number of ether oxygens (including phenoxy) is 1. The number of nitrogens with zero attached hydrogens (tertiary/aromatic N) is 3. The Balaban J connectivity index is 1.50. The van der Waals surface area contributed by atoms with Crippen LogP contribution in [0.1, 0.15) is 11.5 Å². The van der Waals surface area contributed by atoms with Crippen molar-refractivity contribution in [1.82, 2.24) is 25.5 Å². The van der Waals surface area contributed by atoms with Crippen LogP contribution in [0.2, 0.25) is 0 Å². The standard InChI is InChI=1S/C16H19N5O2/c1-11-16-13(21-20-11)4-2-5-14(16)23-10-12(22)8-17-9-15-18-6-3-7-19-15/h2-7,12,17,22H,8-10H2,1H3,(H,20,21)/t12-/m0/s1. The summed E-state index contributed by atoms with van der Waals surface area (Å²) in [6.45, 7) is 3.05. The van der Waals surface area contributed by atoms with Crippen molar-refractivity contribution < 1.29 is 9.84 Å². The van der Waals surface area contributed by atoms with E-state index in [9.17, 15) is 5.11 Å². The third-order valence-electron chi connectivity index (χ3n) is 3.44. The van der Waals surface area contributed by atoms with Crippen LogP contribution in [-0.2, 0) is 6.54 Å². The third kappa shape index (κ3) is 3.82. The Hall–Kier alpha value is -2.51. The molecule has 3 N–H and O–H groups in total. The molecule has 0 amide bonds. The summed E-state index contributed by atoms with van der Waals surface area (Å²) in [5.74, 6) is 1.42. The van der Waals surface area contributed by atoms with Gasteiger partial charge in [0.1, 0.15) is 24.3 Å². The van der Waals surface area contributed by atoms with Crippen LogP contribution in [0, 0.1) is 6.92 Å². The molecule has 0 saturated heterocycles. The molecule has 0 aliphatic heterocycles. The second-order valence-corrected chi connectivity index (χ2v) is 5.26. The largest absolute Gasteiger partial charge is 0.490 e. The number of nitrogens with one attached hydrogen (secondary N) is 2. The molecule has 1 aromatic carbocycles. The molecule has 2 heterocycles. The van der Waals surface area contributed by atoms with Gasteiger partial charge in [0.25, 0.3) is 0 Å². The average molecular weight is 313 g/mol. The van der Waals surface area contributed by atoms with E-state index in [0.29, 0.717) is 18.9 Å². The van der Waals surface area contributed by atoms with Crippen molar-refractivity contribution in [3.05, 3.63) is 48.2 Å². The van der Waals surface area contributed by atoms with Crippen LogP contribution >= 0.6 is 0 Å². The fourth-order valence-corrected chi connectivity index (χ4v) is 2.33. The van der Waals surface area contributed by atoms with E-state index in [0.717, 1.165) is 22.3 Å². The molecule has 7 nitrogen and oxygen atoms in total. The molecule has 0 bridgehead atoms. The van der Waals surface area contributed by atoms with Gasteiger partial charge in [-0.3, -0.25) is 5.10 Å². The van der Waals surface area contributed by atoms with Gasteiger partial charge in [0.05, 0.1) is 17.4 Å². The molecular formula is C16H19N5O2. The van der Waals surface area contributed by atoms with E-state index in [4.69, 9.17) is 4.74 Å². The number of hydrogen-bond acceptors (Lipinski definition) is 6. The number of aliphatic hydroxyl groups excluding tert-OH is 1. The van der Waals surface area contributed by atoms with E-state index >= 15 is 0 Å². The molecule has 0 aliphatic rings. The van der Waals surface area contributed by atoms with E-state index in [-0.39, 0.29) is 6.61 Å². The smallest absolute Gasteiger partial charge is 0.141 e. The number of aromatic amines is 1. The topological polar surface area (TPSA) is 96.0 Å². The second-order valence-electron chi connectivity index (χ2n) is 5.26. The lowest BCUT2D eigenvalue weighted by Gasteiger charge is -2.13. The lowest BCUT2D eigenvalue weighted by molar-refractivity contribution is 0.107. The van der Waals surface area contributed by atoms with Crippen LogP contribution in [0.3, 0.4) is 0 Å². The van der Waals surface area contributed by atoms with E-state index in [2.05, 4.69) is 25.5 Å². The number of aryl methyl sites for hydroxylation is 1. The van der Waals surface area contributed by atoms with Crippen LogP contribution in [0.5, 0.6) is 5.75 Å². The zero-order valence-electron chi connectivity index (χ0n) is 12.9. The Morgan fingerprint density at radius 3 is 2.91 bits per heavy atom. The molecule has 3 aromatic rings. The minimum Gasteiger partial charge on any atom is -0.490 e. The van der Waals surface area contributed by atoms with Crippen molar-refractivity contribution in [2.75, 3.05) is 13.2 Å². The van der Waals surface area contributed by atoms with Gasteiger partial charge in [-0.25, -0.2) is 9.97 Å². The maximum atomic E-state index is 10.0. The SMILES string of the molecule is Cc1[nH]nc2cccc(OC[C@@H](O)CNCc3ncccn3)c12. The lowest BCUT2D eigenvalue weighted by atomic mass is 10.2. The fourth-order valence-electron chi connectivity index (χ4n) is 2.33. The first-order valence-electron chi connectivity index (χ1n) is 7.45. The van der Waals surface area contributed by atoms with Crippen LogP contribution in [0.15, 0.2) is 36.7 Å². The van der Waals surface area contributed by atoms with Gasteiger partial charge in [-0.05, 0) is 25.1 Å². The average Bonchev–Trinajstić information content (AvgIpc) is 2.96. The summed E-state index contributed by atoms with van der Waals surface area (Å²) < 4.78 is 5.74. The molecule has 0 unspecified atom stereocenters. The molecular weight excluding hydrogens is 294 g/mol. The predicted molar refractivity (Wildman–Crippen MR) is 86.1 cm³/mol. The Morgan fingerprint density at radius 2 is 2.09 bits per heavy atom. The van der Waals surface area contributed by atoms with Crippen LogP contribution in [0.4, 0.5) is 0 Å². The quantitative estimate of drug-likeness (QED) is 0.606. The second kappa shape index (κ2) is 7.17. The van der Waals surface area contributed by atoms with Gasteiger partial charge in [-0.2, -0.15) is 5.10 Å². The monoisotopic (exact) mass is 313 g/mol. The van der Waals surface area contributed by atoms with Gasteiger partial charge < -0.3 is 15.2 Å². The normalized spacial score (nSPS) is 12.4. The highest BCUT2D eigenvalue weighted by atomic mass is 16.5. The van der Waals surface area contributed by atoms with E-state index < -0.39 is 6.10 Å². The summed E-state index contributed by atoms with van der Waals surface area (Å²) in [6.07, 6.45) is 2.76. The Kier molecular flexibility index (Phi) is 4.80. The molecule has 3 rings (SSSR count). The van der Waals surface area contributed by atoms with Crippen LogP contribution < -0.4 is 10.1 Å². The molecule has 0 fully saturated rings. The first-order chi connectivity index (χ1) is 11.2. The highest BCUT2D eigenvalue weighted by Crippen LogP contribution is 2.26. The van der Waals surface area contributed by atoms with Gasteiger partial charge in [0, 0.05) is 24.6 Å². The van der Waals surface area contributed by atoms with Gasteiger partial charge in [-0.1, -0.05) is 6.07 Å². The van der Waals surface area contributed by atoms with Crippen molar-refractivity contribution in [3.63, 3.8) is 0 Å². The third-order valence-corrected chi connectivity index (χ3v) is 3.44. The number of aromatic nitrogens is 4. The maximum absolute atomic E-state index is 10.0. The van der Waals surface area contributed by atoms with Gasteiger partial charge in [0.2, 0.25) is 0 Å². The summed E-state index contributed by atoms with van der Waals surface area (Å²) in [4.78, 5) is 8.22. The molecule has 0 radical (unpaired) electrons. The number of hydrogen-bond donors (Lipinski definition) is 3. The highest BCUT2D eigenvalue weighted by Gasteiger charge is 2.10. The maximum Gasteiger partial charge on any atom is 0.141 e. The summed E-state index contributed by atoms with van der Waals surface area (Å²) in [5.41, 5.74) is 1.80. The molecule has 0 spiro atoms. The summed E-state index contributed by atoms with van der Waals surface area (Å²) in [6, 6.07) is 7.45.